The molecule has 0 amide bonds. The Morgan fingerprint density at radius 1 is 1.00 bits per heavy atom. The Kier molecular flexibility index (Phi) is 4.56. The van der Waals surface area contributed by atoms with Crippen LogP contribution in [0.2, 0.25) is 0 Å². The van der Waals surface area contributed by atoms with Crippen LogP contribution >= 0.6 is 0 Å². The number of carbonyl (C=O) groups is 1. The average Bonchev–Trinajstić information content (AvgIpc) is 3.06. The summed E-state index contributed by atoms with van der Waals surface area (Å²) < 4.78 is 25.3. The molecule has 8 heteroatoms. The zero-order valence-corrected chi connectivity index (χ0v) is 16.2. The summed E-state index contributed by atoms with van der Waals surface area (Å²) in [7, 11) is -3.29. The summed E-state index contributed by atoms with van der Waals surface area (Å²) in [6, 6.07) is 18.6. The van der Waals surface area contributed by atoms with Gasteiger partial charge in [-0.2, -0.15) is 0 Å². The van der Waals surface area contributed by atoms with Crippen LogP contribution in [0, 0.1) is 0 Å². The van der Waals surface area contributed by atoms with Crippen molar-refractivity contribution in [1.82, 2.24) is 9.38 Å². The third-order valence-corrected chi connectivity index (χ3v) is 5.61. The molecule has 0 unspecified atom stereocenters. The molecule has 29 heavy (non-hydrogen) atoms. The molecule has 0 aliphatic rings. The molecule has 2 heterocycles. The van der Waals surface area contributed by atoms with Crippen LogP contribution in [-0.4, -0.2) is 35.1 Å². The first-order chi connectivity index (χ1) is 13.8. The van der Waals surface area contributed by atoms with Gasteiger partial charge in [0, 0.05) is 23.7 Å². The highest BCUT2D eigenvalue weighted by molar-refractivity contribution is 7.90. The zero-order chi connectivity index (χ0) is 20.6. The van der Waals surface area contributed by atoms with Crippen molar-refractivity contribution >= 4 is 33.0 Å². The monoisotopic (exact) mass is 407 g/mol. The second kappa shape index (κ2) is 7.06. The summed E-state index contributed by atoms with van der Waals surface area (Å²) in [6.45, 7) is 0. The van der Waals surface area contributed by atoms with E-state index in [0.29, 0.717) is 17.2 Å². The summed E-state index contributed by atoms with van der Waals surface area (Å²) in [5.74, 6) is -0.297. The second-order valence-corrected chi connectivity index (χ2v) is 8.56. The molecular formula is C21H17N3O4S. The van der Waals surface area contributed by atoms with Gasteiger partial charge in [0.1, 0.15) is 17.2 Å². The summed E-state index contributed by atoms with van der Waals surface area (Å²) in [5, 5.41) is 12.4. The largest absolute Gasteiger partial charge is 0.478 e. The van der Waals surface area contributed by atoms with E-state index in [2.05, 4.69) is 10.3 Å². The van der Waals surface area contributed by atoms with Gasteiger partial charge in [0.25, 0.3) is 0 Å². The molecule has 0 bridgehead atoms. The lowest BCUT2D eigenvalue weighted by molar-refractivity contribution is 0.0697. The molecule has 0 fully saturated rings. The average molecular weight is 407 g/mol. The van der Waals surface area contributed by atoms with E-state index in [1.165, 1.54) is 18.4 Å². The number of hydrogen-bond acceptors (Lipinski definition) is 5. The van der Waals surface area contributed by atoms with E-state index >= 15 is 0 Å². The molecule has 0 spiro atoms. The predicted molar refractivity (Wildman–Crippen MR) is 110 cm³/mol. The van der Waals surface area contributed by atoms with Crippen molar-refractivity contribution in [3.63, 3.8) is 0 Å². The number of nitrogens with one attached hydrogen (secondary N) is 1. The smallest absolute Gasteiger partial charge is 0.335 e. The molecule has 2 N–H and O–H groups in total. The molecule has 0 aliphatic carbocycles. The van der Waals surface area contributed by atoms with E-state index in [4.69, 9.17) is 5.11 Å². The Bertz CT molecular complexity index is 1310. The number of fused-ring (bicyclic) bond motifs is 1. The molecule has 0 radical (unpaired) electrons. The number of carboxylic acid groups (broad SMARTS) is 1. The maximum atomic E-state index is 11.7. The summed E-state index contributed by atoms with van der Waals surface area (Å²) >= 11 is 0. The summed E-state index contributed by atoms with van der Waals surface area (Å²) in [4.78, 5) is 16.0. The Balaban J connectivity index is 1.79. The van der Waals surface area contributed by atoms with Gasteiger partial charge in [-0.3, -0.25) is 4.40 Å². The number of imidazole rings is 1. The number of aromatic carboxylic acids is 1. The van der Waals surface area contributed by atoms with Crippen molar-refractivity contribution in [3.05, 3.63) is 78.5 Å². The van der Waals surface area contributed by atoms with Crippen LogP contribution in [0.5, 0.6) is 0 Å². The molecule has 0 atom stereocenters. The lowest BCUT2D eigenvalue weighted by Gasteiger charge is -2.09. The molecule has 0 saturated carbocycles. The van der Waals surface area contributed by atoms with Crippen molar-refractivity contribution in [1.29, 1.82) is 0 Å². The number of pyridine rings is 1. The number of rotatable bonds is 5. The fraction of sp³-hybridized carbons (Fsp3) is 0.0476. The van der Waals surface area contributed by atoms with E-state index in [0.717, 1.165) is 11.2 Å². The number of nitrogens with zero attached hydrogens (tertiary/aromatic N) is 2. The lowest BCUT2D eigenvalue weighted by Crippen LogP contribution is -1.99. The summed E-state index contributed by atoms with van der Waals surface area (Å²) in [6.07, 6.45) is 3.03. The van der Waals surface area contributed by atoms with E-state index in [-0.39, 0.29) is 10.5 Å². The Morgan fingerprint density at radius 2 is 1.69 bits per heavy atom. The van der Waals surface area contributed by atoms with Gasteiger partial charge in [0.05, 0.1) is 10.5 Å². The number of sulfone groups is 1. The molecule has 4 rings (SSSR count). The quantitative estimate of drug-likeness (QED) is 0.521. The molecule has 0 saturated heterocycles. The molecule has 0 aliphatic heterocycles. The van der Waals surface area contributed by atoms with E-state index < -0.39 is 15.8 Å². The van der Waals surface area contributed by atoms with Crippen LogP contribution in [0.4, 0.5) is 11.5 Å². The van der Waals surface area contributed by atoms with Gasteiger partial charge in [-0.15, -0.1) is 0 Å². The number of anilines is 2. The van der Waals surface area contributed by atoms with Gasteiger partial charge in [-0.25, -0.2) is 18.2 Å². The number of aromatic nitrogens is 2. The van der Waals surface area contributed by atoms with Crippen LogP contribution in [0.15, 0.2) is 77.8 Å². The maximum Gasteiger partial charge on any atom is 0.335 e. The van der Waals surface area contributed by atoms with Gasteiger partial charge in [-0.1, -0.05) is 18.2 Å². The van der Waals surface area contributed by atoms with Crippen molar-refractivity contribution in [2.75, 3.05) is 11.6 Å². The van der Waals surface area contributed by atoms with Gasteiger partial charge >= 0.3 is 5.97 Å². The fourth-order valence-electron chi connectivity index (χ4n) is 3.01. The van der Waals surface area contributed by atoms with Crippen LogP contribution < -0.4 is 5.32 Å². The minimum Gasteiger partial charge on any atom is -0.478 e. The van der Waals surface area contributed by atoms with E-state index in [1.807, 2.05) is 28.8 Å². The minimum absolute atomic E-state index is 0.199. The molecule has 2 aromatic carbocycles. The van der Waals surface area contributed by atoms with Crippen molar-refractivity contribution in [2.45, 2.75) is 4.90 Å². The maximum absolute atomic E-state index is 11.7. The highest BCUT2D eigenvalue weighted by Crippen LogP contribution is 2.31. The SMILES string of the molecule is CS(=O)(=O)c1ccc(-c2nc3ccccn3c2Nc2ccc(C(=O)O)cc2)cc1. The molecular weight excluding hydrogens is 390 g/mol. The van der Waals surface area contributed by atoms with Gasteiger partial charge in [0.2, 0.25) is 0 Å². The summed E-state index contributed by atoms with van der Waals surface area (Å²) in [5.41, 5.74) is 3.03. The molecule has 7 nitrogen and oxygen atoms in total. The fourth-order valence-corrected chi connectivity index (χ4v) is 3.64. The van der Waals surface area contributed by atoms with Crippen LogP contribution in [-0.2, 0) is 9.84 Å². The Morgan fingerprint density at radius 3 is 2.31 bits per heavy atom. The van der Waals surface area contributed by atoms with Crippen LogP contribution in [0.1, 0.15) is 10.4 Å². The molecule has 2 aromatic heterocycles. The number of benzene rings is 2. The second-order valence-electron chi connectivity index (χ2n) is 6.54. The van der Waals surface area contributed by atoms with Crippen LogP contribution in [0.3, 0.4) is 0 Å². The topological polar surface area (TPSA) is 101 Å². The minimum atomic E-state index is -3.29. The normalized spacial score (nSPS) is 11.5. The van der Waals surface area contributed by atoms with E-state index in [9.17, 15) is 13.2 Å². The third kappa shape index (κ3) is 3.70. The van der Waals surface area contributed by atoms with Gasteiger partial charge in [-0.05, 0) is 48.5 Å². The van der Waals surface area contributed by atoms with Crippen LogP contribution in [0.25, 0.3) is 16.9 Å². The zero-order valence-electron chi connectivity index (χ0n) is 15.4. The first-order valence-electron chi connectivity index (χ1n) is 8.71. The highest BCUT2D eigenvalue weighted by Gasteiger charge is 2.16. The number of hydrogen-bond donors (Lipinski definition) is 2. The molecule has 4 aromatic rings. The standard InChI is InChI=1S/C21H17N3O4S/c1-29(27,28)17-11-7-14(8-12-17)19-20(24-13-3-2-4-18(24)23-19)22-16-9-5-15(6-10-16)21(25)26/h2-13,22H,1H3,(H,25,26). The number of carboxylic acids is 1. The van der Waals surface area contributed by atoms with Crippen molar-refractivity contribution in [3.8, 4) is 11.3 Å². The van der Waals surface area contributed by atoms with Gasteiger partial charge in [0.15, 0.2) is 9.84 Å². The lowest BCUT2D eigenvalue weighted by atomic mass is 10.1. The van der Waals surface area contributed by atoms with E-state index in [1.54, 1.807) is 36.4 Å². The third-order valence-electron chi connectivity index (χ3n) is 4.48. The van der Waals surface area contributed by atoms with Gasteiger partial charge < -0.3 is 10.4 Å². The first-order valence-corrected chi connectivity index (χ1v) is 10.6. The van der Waals surface area contributed by atoms with Crippen molar-refractivity contribution in [2.24, 2.45) is 0 Å². The first kappa shape index (κ1) is 18.7. The Hall–Kier alpha value is -3.65. The Labute approximate surface area is 167 Å². The van der Waals surface area contributed by atoms with Crippen molar-refractivity contribution < 1.29 is 18.3 Å². The predicted octanol–water partition coefficient (Wildman–Crippen LogP) is 3.85. The molecule has 146 valence electrons. The highest BCUT2D eigenvalue weighted by atomic mass is 32.2.